The summed E-state index contributed by atoms with van der Waals surface area (Å²) in [6.07, 6.45) is 1.84. The zero-order valence-electron chi connectivity index (χ0n) is 8.16. The molecule has 1 atom stereocenters. The van der Waals surface area contributed by atoms with Gasteiger partial charge in [-0.2, -0.15) is 0 Å². The highest BCUT2D eigenvalue weighted by Crippen LogP contribution is 2.12. The Balaban J connectivity index is 2.46. The molecule has 1 heterocycles. The van der Waals surface area contributed by atoms with Gasteiger partial charge in [0.05, 0.1) is 11.9 Å². The van der Waals surface area contributed by atoms with E-state index in [1.54, 1.807) is 11.3 Å². The average Bonchev–Trinajstić information content (AvgIpc) is 2.56. The number of hydrogen-bond donors (Lipinski definition) is 1. The van der Waals surface area contributed by atoms with E-state index in [-0.39, 0.29) is 0 Å². The van der Waals surface area contributed by atoms with Crippen molar-refractivity contribution in [2.24, 2.45) is 10.7 Å². The Kier molecular flexibility index (Phi) is 3.96. The molecule has 2 N–H and O–H groups in total. The molecule has 72 valence electrons. The van der Waals surface area contributed by atoms with E-state index in [0.29, 0.717) is 6.04 Å². The van der Waals surface area contributed by atoms with E-state index in [9.17, 15) is 0 Å². The zero-order valence-corrected chi connectivity index (χ0v) is 8.97. The molecule has 0 aliphatic heterocycles. The average molecular weight is 196 g/mol. The molecule has 0 amide bonds. The molecule has 1 unspecified atom stereocenters. The molecule has 13 heavy (non-hydrogen) atoms. The minimum atomic E-state index is 0.304. The van der Waals surface area contributed by atoms with E-state index >= 15 is 0 Å². The van der Waals surface area contributed by atoms with Crippen molar-refractivity contribution in [2.45, 2.75) is 32.7 Å². The number of hydrogen-bond acceptors (Lipinski definition) is 2. The summed E-state index contributed by atoms with van der Waals surface area (Å²) in [5.74, 6) is 0.754. The van der Waals surface area contributed by atoms with Crippen LogP contribution in [0.15, 0.2) is 22.5 Å². The number of nitrogens with zero attached hydrogens (tertiary/aromatic N) is 1. The maximum atomic E-state index is 5.66. The molecule has 1 rings (SSSR count). The first-order valence-electron chi connectivity index (χ1n) is 4.57. The quantitative estimate of drug-likeness (QED) is 0.583. The molecule has 3 heteroatoms. The van der Waals surface area contributed by atoms with Gasteiger partial charge in [-0.1, -0.05) is 13.0 Å². The van der Waals surface area contributed by atoms with Gasteiger partial charge in [-0.05, 0) is 18.4 Å². The maximum absolute atomic E-state index is 5.66. The highest BCUT2D eigenvalue weighted by atomic mass is 32.1. The second-order valence-corrected chi connectivity index (χ2v) is 4.14. The monoisotopic (exact) mass is 196 g/mol. The lowest BCUT2D eigenvalue weighted by Crippen LogP contribution is -2.14. The fraction of sp³-hybridized carbons (Fsp3) is 0.500. The molecular weight excluding hydrogens is 180 g/mol. The summed E-state index contributed by atoms with van der Waals surface area (Å²) in [6.45, 7) is 4.12. The van der Waals surface area contributed by atoms with Gasteiger partial charge < -0.3 is 5.73 Å². The summed E-state index contributed by atoms with van der Waals surface area (Å²) in [5, 5.41) is 2.09. The summed E-state index contributed by atoms with van der Waals surface area (Å²) in [5.41, 5.74) is 5.66. The van der Waals surface area contributed by atoms with Gasteiger partial charge in [0.2, 0.25) is 0 Å². The topological polar surface area (TPSA) is 38.4 Å². The van der Waals surface area contributed by atoms with Crippen molar-refractivity contribution < 1.29 is 0 Å². The first-order chi connectivity index (χ1) is 6.22. The van der Waals surface area contributed by atoms with Crippen molar-refractivity contribution in [3.63, 3.8) is 0 Å². The largest absolute Gasteiger partial charge is 0.387 e. The molecule has 0 aliphatic rings. The van der Waals surface area contributed by atoms with E-state index in [1.807, 2.05) is 6.92 Å². The Morgan fingerprint density at radius 2 is 2.46 bits per heavy atom. The van der Waals surface area contributed by atoms with E-state index in [2.05, 4.69) is 29.4 Å². The van der Waals surface area contributed by atoms with E-state index in [1.165, 1.54) is 4.88 Å². The summed E-state index contributed by atoms with van der Waals surface area (Å²) < 4.78 is 0. The van der Waals surface area contributed by atoms with Crippen LogP contribution in [-0.4, -0.2) is 11.9 Å². The lowest BCUT2D eigenvalue weighted by Gasteiger charge is -2.05. The van der Waals surface area contributed by atoms with Crippen LogP contribution in [0, 0.1) is 0 Å². The van der Waals surface area contributed by atoms with Crippen molar-refractivity contribution in [3.8, 4) is 0 Å². The lowest BCUT2D eigenvalue weighted by molar-refractivity contribution is 0.744. The van der Waals surface area contributed by atoms with Gasteiger partial charge in [0, 0.05) is 17.7 Å². The summed E-state index contributed by atoms with van der Waals surface area (Å²) in [4.78, 5) is 5.75. The second-order valence-electron chi connectivity index (χ2n) is 3.11. The molecule has 0 radical (unpaired) electrons. The van der Waals surface area contributed by atoms with Crippen molar-refractivity contribution >= 4 is 17.2 Å². The lowest BCUT2D eigenvalue weighted by atomic mass is 10.2. The van der Waals surface area contributed by atoms with Crippen molar-refractivity contribution in [1.82, 2.24) is 0 Å². The van der Waals surface area contributed by atoms with Crippen LogP contribution >= 0.6 is 11.3 Å². The van der Waals surface area contributed by atoms with E-state index < -0.39 is 0 Å². The third kappa shape index (κ3) is 3.59. The first kappa shape index (κ1) is 10.3. The number of aliphatic imine (C=N–C) groups is 1. The summed E-state index contributed by atoms with van der Waals surface area (Å²) >= 11 is 1.78. The smallest absolute Gasteiger partial charge is 0.0937 e. The van der Waals surface area contributed by atoms with Gasteiger partial charge in [0.15, 0.2) is 0 Å². The zero-order chi connectivity index (χ0) is 9.68. The standard InChI is InChI=1S/C10H16N2S/c1-3-10(11)12-8(2)7-9-5-4-6-13-9/h4-6,8H,3,7H2,1-2H3,(H2,11,12). The Morgan fingerprint density at radius 3 is 3.00 bits per heavy atom. The van der Waals surface area contributed by atoms with E-state index in [0.717, 1.165) is 18.7 Å². The minimum absolute atomic E-state index is 0.304. The molecule has 0 fully saturated rings. The Bertz CT molecular complexity index is 264. The van der Waals surface area contributed by atoms with Crippen LogP contribution in [0.25, 0.3) is 0 Å². The number of nitrogens with two attached hydrogens (primary N) is 1. The van der Waals surface area contributed by atoms with Crippen LogP contribution in [0.1, 0.15) is 25.1 Å². The SMILES string of the molecule is CCC(N)=NC(C)Cc1cccs1. The van der Waals surface area contributed by atoms with Crippen molar-refractivity contribution in [2.75, 3.05) is 0 Å². The van der Waals surface area contributed by atoms with Crippen molar-refractivity contribution in [1.29, 1.82) is 0 Å². The number of thiophene rings is 1. The van der Waals surface area contributed by atoms with Crippen LogP contribution in [0.5, 0.6) is 0 Å². The van der Waals surface area contributed by atoms with E-state index in [4.69, 9.17) is 5.73 Å². The van der Waals surface area contributed by atoms with Crippen molar-refractivity contribution in [3.05, 3.63) is 22.4 Å². The maximum Gasteiger partial charge on any atom is 0.0937 e. The molecule has 0 aromatic carbocycles. The van der Waals surface area contributed by atoms with Gasteiger partial charge in [0.1, 0.15) is 0 Å². The third-order valence-electron chi connectivity index (χ3n) is 1.83. The van der Waals surface area contributed by atoms with Gasteiger partial charge in [-0.25, -0.2) is 0 Å². The molecule has 0 saturated heterocycles. The fourth-order valence-corrected chi connectivity index (χ4v) is 1.97. The Hall–Kier alpha value is -0.830. The van der Waals surface area contributed by atoms with Gasteiger partial charge >= 0.3 is 0 Å². The Morgan fingerprint density at radius 1 is 1.69 bits per heavy atom. The van der Waals surface area contributed by atoms with Crippen LogP contribution in [0.3, 0.4) is 0 Å². The molecule has 0 bridgehead atoms. The molecule has 2 nitrogen and oxygen atoms in total. The summed E-state index contributed by atoms with van der Waals surface area (Å²) in [6, 6.07) is 4.51. The van der Waals surface area contributed by atoms with Gasteiger partial charge in [-0.15, -0.1) is 11.3 Å². The second kappa shape index (κ2) is 5.02. The van der Waals surface area contributed by atoms with Crippen LogP contribution in [-0.2, 0) is 6.42 Å². The van der Waals surface area contributed by atoms with Gasteiger partial charge in [-0.3, -0.25) is 4.99 Å². The molecule has 1 aromatic rings. The highest BCUT2D eigenvalue weighted by molar-refractivity contribution is 7.09. The molecule has 0 aliphatic carbocycles. The van der Waals surface area contributed by atoms with Crippen LogP contribution < -0.4 is 5.73 Å². The third-order valence-corrected chi connectivity index (χ3v) is 2.72. The molecule has 1 aromatic heterocycles. The first-order valence-corrected chi connectivity index (χ1v) is 5.45. The van der Waals surface area contributed by atoms with Crippen LogP contribution in [0.2, 0.25) is 0 Å². The normalized spacial score (nSPS) is 14.5. The highest BCUT2D eigenvalue weighted by Gasteiger charge is 2.02. The number of amidine groups is 1. The predicted molar refractivity (Wildman–Crippen MR) is 59.4 cm³/mol. The summed E-state index contributed by atoms with van der Waals surface area (Å²) in [7, 11) is 0. The fourth-order valence-electron chi connectivity index (χ4n) is 1.14. The molecule has 0 saturated carbocycles. The molecular formula is C10H16N2S. The Labute approximate surface area is 83.5 Å². The minimum Gasteiger partial charge on any atom is -0.387 e. The molecule has 0 spiro atoms. The number of rotatable bonds is 4. The van der Waals surface area contributed by atoms with Crippen LogP contribution in [0.4, 0.5) is 0 Å². The predicted octanol–water partition coefficient (Wildman–Crippen LogP) is 2.45. The van der Waals surface area contributed by atoms with Gasteiger partial charge in [0.25, 0.3) is 0 Å².